The van der Waals surface area contributed by atoms with Gasteiger partial charge in [-0.05, 0) is 23.6 Å². The van der Waals surface area contributed by atoms with E-state index < -0.39 is 0 Å². The number of hydrogen-bond acceptors (Lipinski definition) is 2. The fourth-order valence-electron chi connectivity index (χ4n) is 1.73. The Bertz CT molecular complexity index is 460. The molecule has 2 rings (SSSR count). The minimum atomic E-state index is 0.150. The van der Waals surface area contributed by atoms with E-state index in [4.69, 9.17) is 5.11 Å². The van der Waals surface area contributed by atoms with Gasteiger partial charge in [0, 0.05) is 6.54 Å². The molecule has 1 heterocycles. The summed E-state index contributed by atoms with van der Waals surface area (Å²) in [5, 5.41) is 8.89. The Morgan fingerprint density at radius 3 is 2.59 bits per heavy atom. The van der Waals surface area contributed by atoms with E-state index in [0.717, 1.165) is 11.0 Å². The number of aliphatic hydroxyl groups is 1. The molecule has 0 atom stereocenters. The van der Waals surface area contributed by atoms with Gasteiger partial charge in [0.05, 0.1) is 24.0 Å². The van der Waals surface area contributed by atoms with Crippen LogP contribution in [0.1, 0.15) is 39.2 Å². The maximum absolute atomic E-state index is 8.89. The Balaban J connectivity index is 0.000000686. The first-order chi connectivity index (χ1) is 8.22. The summed E-state index contributed by atoms with van der Waals surface area (Å²) in [5.41, 5.74) is 3.40. The SMILES string of the molecule is CC.CC(C)c1ccc2c(c1)ncn2CCO. The lowest BCUT2D eigenvalue weighted by Gasteiger charge is -2.05. The van der Waals surface area contributed by atoms with E-state index in [2.05, 4.69) is 37.0 Å². The van der Waals surface area contributed by atoms with Crippen LogP contribution in [-0.4, -0.2) is 21.3 Å². The molecule has 0 aliphatic rings. The van der Waals surface area contributed by atoms with Gasteiger partial charge in [-0.2, -0.15) is 0 Å². The number of aliphatic hydroxyl groups excluding tert-OH is 1. The number of imidazole rings is 1. The molecule has 17 heavy (non-hydrogen) atoms. The van der Waals surface area contributed by atoms with Gasteiger partial charge in [-0.15, -0.1) is 0 Å². The lowest BCUT2D eigenvalue weighted by atomic mass is 10.0. The zero-order valence-electron chi connectivity index (χ0n) is 11.1. The van der Waals surface area contributed by atoms with Crippen LogP contribution in [0.25, 0.3) is 11.0 Å². The normalized spacial score (nSPS) is 10.5. The molecular weight excluding hydrogens is 212 g/mol. The van der Waals surface area contributed by atoms with Gasteiger partial charge in [0.2, 0.25) is 0 Å². The smallest absolute Gasteiger partial charge is 0.0959 e. The largest absolute Gasteiger partial charge is 0.395 e. The highest BCUT2D eigenvalue weighted by Gasteiger charge is 2.05. The van der Waals surface area contributed by atoms with Crippen LogP contribution in [0.15, 0.2) is 24.5 Å². The van der Waals surface area contributed by atoms with Crippen LogP contribution in [0.2, 0.25) is 0 Å². The third-order valence-corrected chi connectivity index (χ3v) is 2.65. The molecule has 0 spiro atoms. The Hall–Kier alpha value is -1.35. The van der Waals surface area contributed by atoms with E-state index in [1.807, 2.05) is 18.4 Å². The van der Waals surface area contributed by atoms with Gasteiger partial charge in [-0.3, -0.25) is 0 Å². The number of rotatable bonds is 3. The second-order valence-electron chi connectivity index (χ2n) is 4.06. The maximum atomic E-state index is 8.89. The summed E-state index contributed by atoms with van der Waals surface area (Å²) in [6.07, 6.45) is 1.78. The number of nitrogens with zero attached hydrogens (tertiary/aromatic N) is 2. The van der Waals surface area contributed by atoms with Crippen molar-refractivity contribution in [2.45, 2.75) is 40.2 Å². The Kier molecular flexibility index (Phi) is 5.16. The van der Waals surface area contributed by atoms with Crippen molar-refractivity contribution in [3.63, 3.8) is 0 Å². The molecule has 0 aliphatic carbocycles. The van der Waals surface area contributed by atoms with Crippen molar-refractivity contribution >= 4 is 11.0 Å². The zero-order valence-corrected chi connectivity index (χ0v) is 11.1. The summed E-state index contributed by atoms with van der Waals surface area (Å²) in [6.45, 7) is 9.10. The summed E-state index contributed by atoms with van der Waals surface area (Å²) in [5.74, 6) is 0.525. The van der Waals surface area contributed by atoms with Crippen LogP contribution in [-0.2, 0) is 6.54 Å². The summed E-state index contributed by atoms with van der Waals surface area (Å²) in [7, 11) is 0. The standard InChI is InChI=1S/C12H16N2O.C2H6/c1-9(2)10-3-4-12-11(7-10)13-8-14(12)5-6-15;1-2/h3-4,7-9,15H,5-6H2,1-2H3;1-2H3. The van der Waals surface area contributed by atoms with Gasteiger partial charge >= 0.3 is 0 Å². The highest BCUT2D eigenvalue weighted by atomic mass is 16.3. The second-order valence-corrected chi connectivity index (χ2v) is 4.06. The van der Waals surface area contributed by atoms with Gasteiger partial charge in [0.15, 0.2) is 0 Å². The average Bonchev–Trinajstić information content (AvgIpc) is 2.75. The third-order valence-electron chi connectivity index (χ3n) is 2.65. The first kappa shape index (κ1) is 13.7. The van der Waals surface area contributed by atoms with Gasteiger partial charge < -0.3 is 9.67 Å². The molecule has 0 saturated heterocycles. The van der Waals surface area contributed by atoms with Gasteiger partial charge in [-0.1, -0.05) is 33.8 Å². The van der Waals surface area contributed by atoms with Crippen LogP contribution in [0.3, 0.4) is 0 Å². The van der Waals surface area contributed by atoms with Crippen molar-refractivity contribution < 1.29 is 5.11 Å². The first-order valence-electron chi connectivity index (χ1n) is 6.28. The van der Waals surface area contributed by atoms with E-state index in [0.29, 0.717) is 12.5 Å². The number of aromatic nitrogens is 2. The third kappa shape index (κ3) is 3.07. The van der Waals surface area contributed by atoms with Crippen LogP contribution >= 0.6 is 0 Å². The molecule has 3 heteroatoms. The molecule has 1 aromatic carbocycles. The van der Waals surface area contributed by atoms with Crippen molar-refractivity contribution in [2.24, 2.45) is 0 Å². The molecular formula is C14H22N2O. The molecule has 0 fully saturated rings. The summed E-state index contributed by atoms with van der Waals surface area (Å²) < 4.78 is 1.97. The van der Waals surface area contributed by atoms with Crippen LogP contribution < -0.4 is 0 Å². The van der Waals surface area contributed by atoms with Crippen molar-refractivity contribution in [3.05, 3.63) is 30.1 Å². The maximum Gasteiger partial charge on any atom is 0.0959 e. The molecule has 0 bridgehead atoms. The molecule has 1 N–H and O–H groups in total. The molecule has 0 saturated carbocycles. The van der Waals surface area contributed by atoms with Crippen molar-refractivity contribution in [1.29, 1.82) is 0 Å². The molecule has 0 amide bonds. The second kappa shape index (κ2) is 6.40. The number of fused-ring (bicyclic) bond motifs is 1. The monoisotopic (exact) mass is 234 g/mol. The Morgan fingerprint density at radius 1 is 1.29 bits per heavy atom. The minimum absolute atomic E-state index is 0.150. The summed E-state index contributed by atoms with van der Waals surface area (Å²) in [4.78, 5) is 4.33. The zero-order chi connectivity index (χ0) is 12.8. The van der Waals surface area contributed by atoms with Gasteiger partial charge in [0.25, 0.3) is 0 Å². The predicted octanol–water partition coefficient (Wildman–Crippen LogP) is 3.18. The lowest BCUT2D eigenvalue weighted by molar-refractivity contribution is 0.278. The summed E-state index contributed by atoms with van der Waals surface area (Å²) >= 11 is 0. The van der Waals surface area contributed by atoms with E-state index in [-0.39, 0.29) is 6.61 Å². The summed E-state index contributed by atoms with van der Waals surface area (Å²) in [6, 6.07) is 6.32. The topological polar surface area (TPSA) is 38.0 Å². The predicted molar refractivity (Wildman–Crippen MR) is 72.3 cm³/mol. The van der Waals surface area contributed by atoms with E-state index in [1.54, 1.807) is 6.33 Å². The average molecular weight is 234 g/mol. The molecule has 0 aliphatic heterocycles. The molecule has 94 valence electrons. The highest BCUT2D eigenvalue weighted by molar-refractivity contribution is 5.76. The first-order valence-corrected chi connectivity index (χ1v) is 6.28. The van der Waals surface area contributed by atoms with Crippen LogP contribution in [0, 0.1) is 0 Å². The molecule has 0 unspecified atom stereocenters. The fourth-order valence-corrected chi connectivity index (χ4v) is 1.73. The van der Waals surface area contributed by atoms with Crippen molar-refractivity contribution in [1.82, 2.24) is 9.55 Å². The Labute approximate surface area is 103 Å². The van der Waals surface area contributed by atoms with Gasteiger partial charge in [-0.25, -0.2) is 4.98 Å². The molecule has 0 radical (unpaired) electrons. The highest BCUT2D eigenvalue weighted by Crippen LogP contribution is 2.20. The molecule has 2 aromatic rings. The lowest BCUT2D eigenvalue weighted by Crippen LogP contribution is -1.99. The van der Waals surface area contributed by atoms with E-state index in [1.165, 1.54) is 5.56 Å². The minimum Gasteiger partial charge on any atom is -0.395 e. The van der Waals surface area contributed by atoms with Crippen LogP contribution in [0.5, 0.6) is 0 Å². The Morgan fingerprint density at radius 2 is 2.00 bits per heavy atom. The fraction of sp³-hybridized carbons (Fsp3) is 0.500. The van der Waals surface area contributed by atoms with Crippen molar-refractivity contribution in [2.75, 3.05) is 6.61 Å². The van der Waals surface area contributed by atoms with Crippen molar-refractivity contribution in [3.8, 4) is 0 Å². The van der Waals surface area contributed by atoms with E-state index in [9.17, 15) is 0 Å². The van der Waals surface area contributed by atoms with Crippen LogP contribution in [0.4, 0.5) is 0 Å². The molecule has 1 aromatic heterocycles. The quantitative estimate of drug-likeness (QED) is 0.885. The van der Waals surface area contributed by atoms with E-state index >= 15 is 0 Å². The number of benzene rings is 1. The number of hydrogen-bond donors (Lipinski definition) is 1. The molecule has 3 nitrogen and oxygen atoms in total. The van der Waals surface area contributed by atoms with Gasteiger partial charge in [0.1, 0.15) is 0 Å².